The van der Waals surface area contributed by atoms with Gasteiger partial charge in [-0.25, -0.2) is 0 Å². The van der Waals surface area contributed by atoms with Crippen molar-refractivity contribution in [3.8, 4) is 0 Å². The van der Waals surface area contributed by atoms with Crippen molar-refractivity contribution in [1.82, 2.24) is 4.90 Å². The van der Waals surface area contributed by atoms with E-state index in [1.165, 1.54) is 16.7 Å². The normalized spacial score (nSPS) is 10.8. The summed E-state index contributed by atoms with van der Waals surface area (Å²) in [7, 11) is 2.13. The standard InChI is InChI=1S/C16H20N2/c1-13-6-3-4-8-15(13)12-18(2)11-14-7-5-9-16(17)10-14/h3-10H,11-12,17H2,1-2H3. The number of nitrogens with two attached hydrogens (primary N) is 1. The summed E-state index contributed by atoms with van der Waals surface area (Å²) < 4.78 is 0. The molecule has 2 heteroatoms. The van der Waals surface area contributed by atoms with Crippen LogP contribution in [-0.4, -0.2) is 11.9 Å². The third-order valence-corrected chi connectivity index (χ3v) is 3.11. The van der Waals surface area contributed by atoms with Gasteiger partial charge in [0.1, 0.15) is 0 Å². The summed E-state index contributed by atoms with van der Waals surface area (Å²) in [6.45, 7) is 4.03. The van der Waals surface area contributed by atoms with Gasteiger partial charge in [-0.3, -0.25) is 4.90 Å². The molecule has 0 saturated carbocycles. The summed E-state index contributed by atoms with van der Waals surface area (Å²) >= 11 is 0. The quantitative estimate of drug-likeness (QED) is 0.831. The molecule has 0 unspecified atom stereocenters. The fourth-order valence-corrected chi connectivity index (χ4v) is 2.14. The number of nitrogen functional groups attached to an aromatic ring is 1. The summed E-state index contributed by atoms with van der Waals surface area (Å²) in [5.74, 6) is 0. The van der Waals surface area contributed by atoms with Gasteiger partial charge in [0, 0.05) is 18.8 Å². The molecule has 0 aliphatic heterocycles. The highest BCUT2D eigenvalue weighted by molar-refractivity contribution is 5.40. The van der Waals surface area contributed by atoms with Crippen molar-refractivity contribution in [2.24, 2.45) is 0 Å². The summed E-state index contributed by atoms with van der Waals surface area (Å²) in [6, 6.07) is 16.6. The van der Waals surface area contributed by atoms with Gasteiger partial charge in [-0.05, 0) is 42.8 Å². The predicted molar refractivity (Wildman–Crippen MR) is 77.2 cm³/mol. The molecular weight excluding hydrogens is 220 g/mol. The average Bonchev–Trinajstić information content (AvgIpc) is 2.32. The summed E-state index contributed by atoms with van der Waals surface area (Å²) in [4.78, 5) is 2.30. The van der Waals surface area contributed by atoms with Crippen molar-refractivity contribution in [1.29, 1.82) is 0 Å². The van der Waals surface area contributed by atoms with Gasteiger partial charge >= 0.3 is 0 Å². The van der Waals surface area contributed by atoms with Crippen LogP contribution in [-0.2, 0) is 13.1 Å². The van der Waals surface area contributed by atoms with Crippen molar-refractivity contribution in [2.75, 3.05) is 12.8 Å². The maximum Gasteiger partial charge on any atom is 0.0317 e. The molecule has 0 radical (unpaired) electrons. The predicted octanol–water partition coefficient (Wildman–Crippen LogP) is 3.21. The number of hydrogen-bond donors (Lipinski definition) is 1. The van der Waals surface area contributed by atoms with Crippen LogP contribution < -0.4 is 5.73 Å². The van der Waals surface area contributed by atoms with E-state index >= 15 is 0 Å². The van der Waals surface area contributed by atoms with Gasteiger partial charge in [-0.15, -0.1) is 0 Å². The molecule has 2 N–H and O–H groups in total. The van der Waals surface area contributed by atoms with Gasteiger partial charge in [0.25, 0.3) is 0 Å². The van der Waals surface area contributed by atoms with E-state index in [9.17, 15) is 0 Å². The maximum absolute atomic E-state index is 5.79. The van der Waals surface area contributed by atoms with Crippen LogP contribution in [0.2, 0.25) is 0 Å². The minimum Gasteiger partial charge on any atom is -0.399 e. The second-order valence-electron chi connectivity index (χ2n) is 4.84. The fourth-order valence-electron chi connectivity index (χ4n) is 2.14. The van der Waals surface area contributed by atoms with Crippen molar-refractivity contribution in [3.63, 3.8) is 0 Å². The minimum absolute atomic E-state index is 0.830. The van der Waals surface area contributed by atoms with Crippen molar-refractivity contribution < 1.29 is 0 Å². The van der Waals surface area contributed by atoms with Gasteiger partial charge in [0.2, 0.25) is 0 Å². The number of nitrogens with zero attached hydrogens (tertiary/aromatic N) is 1. The molecule has 0 saturated heterocycles. The third-order valence-electron chi connectivity index (χ3n) is 3.11. The molecule has 2 aromatic carbocycles. The number of aryl methyl sites for hydroxylation is 1. The zero-order valence-corrected chi connectivity index (χ0v) is 11.1. The van der Waals surface area contributed by atoms with Crippen LogP contribution in [0.4, 0.5) is 5.69 Å². The highest BCUT2D eigenvalue weighted by Crippen LogP contribution is 2.13. The molecule has 0 aliphatic carbocycles. The smallest absolute Gasteiger partial charge is 0.0317 e. The lowest BCUT2D eigenvalue weighted by Gasteiger charge is -2.18. The van der Waals surface area contributed by atoms with Gasteiger partial charge in [0.05, 0.1) is 0 Å². The van der Waals surface area contributed by atoms with Crippen LogP contribution in [0.15, 0.2) is 48.5 Å². The van der Waals surface area contributed by atoms with E-state index in [0.717, 1.165) is 18.8 Å². The van der Waals surface area contributed by atoms with E-state index in [0.29, 0.717) is 0 Å². The highest BCUT2D eigenvalue weighted by Gasteiger charge is 2.03. The Kier molecular flexibility index (Phi) is 4.00. The van der Waals surface area contributed by atoms with Gasteiger partial charge in [0.15, 0.2) is 0 Å². The molecule has 0 aliphatic rings. The summed E-state index contributed by atoms with van der Waals surface area (Å²) in [5, 5.41) is 0. The largest absolute Gasteiger partial charge is 0.399 e. The fraction of sp³-hybridized carbons (Fsp3) is 0.250. The molecule has 0 amide bonds. The van der Waals surface area contributed by atoms with Crippen molar-refractivity contribution in [3.05, 3.63) is 65.2 Å². The molecule has 0 atom stereocenters. The zero-order valence-electron chi connectivity index (χ0n) is 11.1. The van der Waals surface area contributed by atoms with E-state index in [4.69, 9.17) is 5.73 Å². The Bertz CT molecular complexity index is 520. The van der Waals surface area contributed by atoms with Crippen LogP contribution in [0.25, 0.3) is 0 Å². The third kappa shape index (κ3) is 3.34. The second kappa shape index (κ2) is 5.69. The first kappa shape index (κ1) is 12.7. The Labute approximate surface area is 109 Å². The van der Waals surface area contributed by atoms with Gasteiger partial charge < -0.3 is 5.73 Å². The second-order valence-corrected chi connectivity index (χ2v) is 4.84. The molecule has 2 rings (SSSR count). The molecule has 94 valence electrons. The molecule has 18 heavy (non-hydrogen) atoms. The molecule has 0 aromatic heterocycles. The first-order valence-electron chi connectivity index (χ1n) is 6.22. The topological polar surface area (TPSA) is 29.3 Å². The molecule has 0 spiro atoms. The minimum atomic E-state index is 0.830. The van der Waals surface area contributed by atoms with E-state index in [1.54, 1.807) is 0 Å². The highest BCUT2D eigenvalue weighted by atomic mass is 15.1. The molecule has 0 heterocycles. The van der Waals surface area contributed by atoms with Crippen LogP contribution in [0.5, 0.6) is 0 Å². The maximum atomic E-state index is 5.79. The zero-order chi connectivity index (χ0) is 13.0. The summed E-state index contributed by atoms with van der Waals surface area (Å²) in [5.41, 5.74) is 10.6. The van der Waals surface area contributed by atoms with E-state index in [-0.39, 0.29) is 0 Å². The van der Waals surface area contributed by atoms with Gasteiger partial charge in [-0.2, -0.15) is 0 Å². The Balaban J connectivity index is 2.01. The Hall–Kier alpha value is -1.80. The molecular formula is C16H20N2. The molecule has 2 aromatic rings. The molecule has 0 bridgehead atoms. The summed E-state index contributed by atoms with van der Waals surface area (Å²) in [6.07, 6.45) is 0. The first-order chi connectivity index (χ1) is 8.65. The number of anilines is 1. The van der Waals surface area contributed by atoms with Crippen LogP contribution in [0.1, 0.15) is 16.7 Å². The van der Waals surface area contributed by atoms with Crippen molar-refractivity contribution >= 4 is 5.69 Å². The monoisotopic (exact) mass is 240 g/mol. The van der Waals surface area contributed by atoms with E-state index in [1.807, 2.05) is 18.2 Å². The Morgan fingerprint density at radius 2 is 1.78 bits per heavy atom. The number of hydrogen-bond acceptors (Lipinski definition) is 2. The number of rotatable bonds is 4. The van der Waals surface area contributed by atoms with Crippen LogP contribution in [0.3, 0.4) is 0 Å². The lowest BCUT2D eigenvalue weighted by atomic mass is 10.1. The van der Waals surface area contributed by atoms with Gasteiger partial charge in [-0.1, -0.05) is 36.4 Å². The lowest BCUT2D eigenvalue weighted by Crippen LogP contribution is -2.17. The Morgan fingerprint density at radius 1 is 1.00 bits per heavy atom. The van der Waals surface area contributed by atoms with Crippen LogP contribution in [0, 0.1) is 6.92 Å². The molecule has 0 fully saturated rings. The number of benzene rings is 2. The average molecular weight is 240 g/mol. The lowest BCUT2D eigenvalue weighted by molar-refractivity contribution is 0.318. The SMILES string of the molecule is Cc1ccccc1CN(C)Cc1cccc(N)c1. The van der Waals surface area contributed by atoms with E-state index < -0.39 is 0 Å². The van der Waals surface area contributed by atoms with Crippen molar-refractivity contribution in [2.45, 2.75) is 20.0 Å². The van der Waals surface area contributed by atoms with Crippen LogP contribution >= 0.6 is 0 Å². The molecule has 2 nitrogen and oxygen atoms in total. The first-order valence-corrected chi connectivity index (χ1v) is 6.22. The Morgan fingerprint density at radius 3 is 2.50 bits per heavy atom. The van der Waals surface area contributed by atoms with E-state index in [2.05, 4.69) is 49.2 Å².